The first-order valence-corrected chi connectivity index (χ1v) is 4.42. The summed E-state index contributed by atoms with van der Waals surface area (Å²) in [4.78, 5) is 11.1. The molecule has 0 aliphatic heterocycles. The molecule has 4 heteroatoms. The predicted molar refractivity (Wildman–Crippen MR) is 53.9 cm³/mol. The van der Waals surface area contributed by atoms with Crippen LogP contribution in [-0.4, -0.2) is 31.5 Å². The predicted octanol–water partition coefficient (Wildman–Crippen LogP) is 1.16. The first kappa shape index (κ1) is 12.8. The average molecular weight is 199 g/mol. The lowest BCUT2D eigenvalue weighted by Crippen LogP contribution is -2.41. The van der Waals surface area contributed by atoms with E-state index in [1.807, 2.05) is 20.8 Å². The quantitative estimate of drug-likeness (QED) is 0.546. The number of carbonyl (C=O) groups is 1. The second kappa shape index (κ2) is 6.28. The summed E-state index contributed by atoms with van der Waals surface area (Å²) in [6.45, 7) is 6.41. The second-order valence-corrected chi connectivity index (χ2v) is 3.77. The summed E-state index contributed by atoms with van der Waals surface area (Å²) >= 11 is 0. The highest BCUT2D eigenvalue weighted by atomic mass is 16.6. The van der Waals surface area contributed by atoms with Crippen LogP contribution in [0, 0.1) is 12.3 Å². The molecular formula is C10H17NO3. The second-order valence-electron chi connectivity index (χ2n) is 3.77. The Hall–Kier alpha value is -1.21. The van der Waals surface area contributed by atoms with E-state index in [1.54, 1.807) is 0 Å². The van der Waals surface area contributed by atoms with Crippen molar-refractivity contribution < 1.29 is 14.3 Å². The van der Waals surface area contributed by atoms with Gasteiger partial charge in [0.1, 0.15) is 13.2 Å². The molecule has 80 valence electrons. The van der Waals surface area contributed by atoms with Gasteiger partial charge in [0.2, 0.25) is 0 Å². The third-order valence-corrected chi connectivity index (χ3v) is 1.12. The van der Waals surface area contributed by atoms with Gasteiger partial charge in [0.05, 0.1) is 6.61 Å². The number of terminal acetylenes is 1. The van der Waals surface area contributed by atoms with Crippen molar-refractivity contribution in [3.63, 3.8) is 0 Å². The van der Waals surface area contributed by atoms with Gasteiger partial charge in [-0.05, 0) is 20.8 Å². The molecule has 1 N–H and O–H groups in total. The highest BCUT2D eigenvalue weighted by Crippen LogP contribution is 1.98. The molecule has 0 spiro atoms. The van der Waals surface area contributed by atoms with E-state index in [-0.39, 0.29) is 18.8 Å². The molecule has 0 aromatic heterocycles. The number of hydrogen-bond acceptors (Lipinski definition) is 3. The Labute approximate surface area is 85.0 Å². The van der Waals surface area contributed by atoms with Crippen molar-refractivity contribution in [1.29, 1.82) is 0 Å². The third kappa shape index (κ3) is 8.88. The zero-order valence-electron chi connectivity index (χ0n) is 8.92. The zero-order chi connectivity index (χ0) is 11.0. The fourth-order valence-electron chi connectivity index (χ4n) is 0.667. The minimum absolute atomic E-state index is 0.212. The third-order valence-electron chi connectivity index (χ3n) is 1.12. The van der Waals surface area contributed by atoms with Crippen molar-refractivity contribution in [3.05, 3.63) is 0 Å². The number of amides is 1. The average Bonchev–Trinajstić information content (AvgIpc) is 2.00. The van der Waals surface area contributed by atoms with E-state index in [4.69, 9.17) is 15.9 Å². The van der Waals surface area contributed by atoms with Crippen molar-refractivity contribution in [3.8, 4) is 12.3 Å². The molecule has 0 aliphatic carbocycles. The van der Waals surface area contributed by atoms with Crippen LogP contribution in [0.15, 0.2) is 0 Å². The molecule has 0 saturated carbocycles. The van der Waals surface area contributed by atoms with Crippen LogP contribution < -0.4 is 5.32 Å². The van der Waals surface area contributed by atoms with Crippen LogP contribution >= 0.6 is 0 Å². The van der Waals surface area contributed by atoms with E-state index in [2.05, 4.69) is 11.2 Å². The van der Waals surface area contributed by atoms with Gasteiger partial charge in [-0.2, -0.15) is 0 Å². The summed E-state index contributed by atoms with van der Waals surface area (Å²) in [5.41, 5.74) is -0.281. The number of ether oxygens (including phenoxy) is 2. The molecule has 0 aromatic carbocycles. The summed E-state index contributed by atoms with van der Waals surface area (Å²) in [5.74, 6) is 2.32. The van der Waals surface area contributed by atoms with Crippen molar-refractivity contribution in [2.24, 2.45) is 0 Å². The van der Waals surface area contributed by atoms with Crippen LogP contribution in [0.25, 0.3) is 0 Å². The van der Waals surface area contributed by atoms with Crippen LogP contribution in [0.1, 0.15) is 20.8 Å². The van der Waals surface area contributed by atoms with Crippen LogP contribution in [0.3, 0.4) is 0 Å². The van der Waals surface area contributed by atoms with E-state index in [0.29, 0.717) is 6.61 Å². The van der Waals surface area contributed by atoms with Gasteiger partial charge in [-0.15, -0.1) is 6.42 Å². The largest absolute Gasteiger partial charge is 0.447 e. The van der Waals surface area contributed by atoms with Crippen molar-refractivity contribution in [2.45, 2.75) is 26.3 Å². The van der Waals surface area contributed by atoms with Crippen LogP contribution in [-0.2, 0) is 9.47 Å². The lowest BCUT2D eigenvalue weighted by atomic mass is 10.1. The zero-order valence-corrected chi connectivity index (χ0v) is 8.92. The maximum atomic E-state index is 11.1. The molecule has 0 atom stereocenters. The number of rotatable bonds is 4. The van der Waals surface area contributed by atoms with Crippen molar-refractivity contribution in [1.82, 2.24) is 5.32 Å². The Balaban J connectivity index is 3.42. The molecule has 0 unspecified atom stereocenters. The minimum atomic E-state index is -0.443. The highest BCUT2D eigenvalue weighted by Gasteiger charge is 2.13. The first-order valence-electron chi connectivity index (χ1n) is 4.42. The number of nitrogens with one attached hydrogen (secondary N) is 1. The molecule has 1 amide bonds. The molecule has 0 saturated heterocycles. The maximum absolute atomic E-state index is 11.1. The van der Waals surface area contributed by atoms with Gasteiger partial charge in [-0.1, -0.05) is 5.92 Å². The Kier molecular flexibility index (Phi) is 5.73. The Morgan fingerprint density at radius 1 is 1.43 bits per heavy atom. The number of alkyl carbamates (subject to hydrolysis) is 1. The van der Waals surface area contributed by atoms with Crippen molar-refractivity contribution in [2.75, 3.05) is 19.8 Å². The normalized spacial score (nSPS) is 10.4. The number of hydrogen-bond donors (Lipinski definition) is 1. The van der Waals surface area contributed by atoms with E-state index >= 15 is 0 Å². The topological polar surface area (TPSA) is 47.6 Å². The summed E-state index contributed by atoms with van der Waals surface area (Å²) in [5, 5.41) is 2.65. The fraction of sp³-hybridized carbons (Fsp3) is 0.700. The Morgan fingerprint density at radius 2 is 2.07 bits per heavy atom. The van der Waals surface area contributed by atoms with Gasteiger partial charge < -0.3 is 14.8 Å². The summed E-state index contributed by atoms with van der Waals surface area (Å²) in [7, 11) is 0. The molecule has 4 nitrogen and oxygen atoms in total. The molecule has 0 fully saturated rings. The molecule has 14 heavy (non-hydrogen) atoms. The van der Waals surface area contributed by atoms with Gasteiger partial charge in [-0.3, -0.25) is 0 Å². The van der Waals surface area contributed by atoms with Crippen molar-refractivity contribution >= 4 is 6.09 Å². The Morgan fingerprint density at radius 3 is 2.57 bits per heavy atom. The monoisotopic (exact) mass is 199 g/mol. The van der Waals surface area contributed by atoms with E-state index in [0.717, 1.165) is 0 Å². The maximum Gasteiger partial charge on any atom is 0.407 e. The standard InChI is InChI=1S/C10H17NO3/c1-5-6-13-7-8-14-9(12)11-10(2,3)4/h1H,6-8H2,2-4H3,(H,11,12). The van der Waals surface area contributed by atoms with Crippen LogP contribution in [0.5, 0.6) is 0 Å². The van der Waals surface area contributed by atoms with Gasteiger partial charge in [0, 0.05) is 5.54 Å². The fourth-order valence-corrected chi connectivity index (χ4v) is 0.667. The minimum Gasteiger partial charge on any atom is -0.447 e. The molecular weight excluding hydrogens is 182 g/mol. The smallest absolute Gasteiger partial charge is 0.407 e. The highest BCUT2D eigenvalue weighted by molar-refractivity contribution is 5.67. The summed E-state index contributed by atoms with van der Waals surface area (Å²) in [6.07, 6.45) is 4.52. The van der Waals surface area contributed by atoms with Gasteiger partial charge in [-0.25, -0.2) is 4.79 Å². The molecule has 0 rings (SSSR count). The van der Waals surface area contributed by atoms with Crippen LogP contribution in [0.2, 0.25) is 0 Å². The van der Waals surface area contributed by atoms with Gasteiger partial charge in [0.25, 0.3) is 0 Å². The van der Waals surface area contributed by atoms with Gasteiger partial charge in [0.15, 0.2) is 0 Å². The molecule has 0 bridgehead atoms. The SMILES string of the molecule is C#CCOCCOC(=O)NC(C)(C)C. The number of carbonyl (C=O) groups excluding carboxylic acids is 1. The first-order chi connectivity index (χ1) is 6.45. The molecule has 0 radical (unpaired) electrons. The summed E-state index contributed by atoms with van der Waals surface area (Å²) < 4.78 is 9.74. The van der Waals surface area contributed by atoms with E-state index in [1.165, 1.54) is 0 Å². The lowest BCUT2D eigenvalue weighted by molar-refractivity contribution is 0.0835. The van der Waals surface area contributed by atoms with E-state index in [9.17, 15) is 4.79 Å². The summed E-state index contributed by atoms with van der Waals surface area (Å²) in [6, 6.07) is 0. The Bertz CT molecular complexity index is 212. The molecule has 0 aromatic rings. The molecule has 0 aliphatic rings. The van der Waals surface area contributed by atoms with E-state index < -0.39 is 6.09 Å². The van der Waals surface area contributed by atoms with Crippen LogP contribution in [0.4, 0.5) is 4.79 Å². The lowest BCUT2D eigenvalue weighted by Gasteiger charge is -2.19. The van der Waals surface area contributed by atoms with Gasteiger partial charge >= 0.3 is 6.09 Å². The molecule has 0 heterocycles.